The summed E-state index contributed by atoms with van der Waals surface area (Å²) >= 11 is 0. The molecule has 0 saturated carbocycles. The number of benzene rings is 1. The van der Waals surface area contributed by atoms with Crippen LogP contribution < -0.4 is 9.64 Å². The zero-order valence-electron chi connectivity index (χ0n) is 12.1. The largest absolute Gasteiger partial charge is 0.492 e. The molecule has 0 bridgehead atoms. The number of nitrogens with zero attached hydrogens (tertiary/aromatic N) is 2. The highest BCUT2D eigenvalue weighted by Gasteiger charge is 2.34. The van der Waals surface area contributed by atoms with E-state index >= 15 is 0 Å². The maximum atomic E-state index is 12.5. The normalized spacial score (nSPS) is 19.1. The standard InChI is InChI=1S/C15H20N2O3/c1-4-20-14-8-6-5-7-13(14)17-10-9-16(12(3)18)11(2)15(17)19/h5-8,11H,4,9-10H2,1-3H3. The summed E-state index contributed by atoms with van der Waals surface area (Å²) in [5, 5.41) is 0. The van der Waals surface area contributed by atoms with Gasteiger partial charge in [-0.15, -0.1) is 0 Å². The highest BCUT2D eigenvalue weighted by molar-refractivity contribution is 6.00. The number of ether oxygens (including phenoxy) is 1. The highest BCUT2D eigenvalue weighted by atomic mass is 16.5. The van der Waals surface area contributed by atoms with Crippen LogP contribution in [0.4, 0.5) is 5.69 Å². The van der Waals surface area contributed by atoms with Crippen molar-refractivity contribution in [2.75, 3.05) is 24.6 Å². The zero-order chi connectivity index (χ0) is 14.7. The van der Waals surface area contributed by atoms with Gasteiger partial charge in [0.1, 0.15) is 11.8 Å². The number of piperazine rings is 1. The van der Waals surface area contributed by atoms with Crippen LogP contribution in [-0.4, -0.2) is 42.5 Å². The molecule has 1 fully saturated rings. The average Bonchev–Trinajstić information content (AvgIpc) is 2.43. The number of hydrogen-bond donors (Lipinski definition) is 0. The number of carbonyl (C=O) groups is 2. The van der Waals surface area contributed by atoms with Crippen LogP contribution in [0, 0.1) is 0 Å². The van der Waals surface area contributed by atoms with Gasteiger partial charge in [-0.1, -0.05) is 12.1 Å². The van der Waals surface area contributed by atoms with Gasteiger partial charge in [-0.3, -0.25) is 9.59 Å². The fourth-order valence-electron chi connectivity index (χ4n) is 2.50. The van der Waals surface area contributed by atoms with Crippen LogP contribution in [-0.2, 0) is 9.59 Å². The molecule has 2 rings (SSSR count). The lowest BCUT2D eigenvalue weighted by Gasteiger charge is -2.39. The Labute approximate surface area is 119 Å². The second-order valence-corrected chi connectivity index (χ2v) is 4.78. The van der Waals surface area contributed by atoms with Gasteiger partial charge in [0.05, 0.1) is 12.3 Å². The monoisotopic (exact) mass is 276 g/mol. The van der Waals surface area contributed by atoms with Crippen molar-refractivity contribution >= 4 is 17.5 Å². The fraction of sp³-hybridized carbons (Fsp3) is 0.467. The number of carbonyl (C=O) groups excluding carboxylic acids is 2. The maximum Gasteiger partial charge on any atom is 0.249 e. The van der Waals surface area contributed by atoms with Crippen molar-refractivity contribution in [2.45, 2.75) is 26.8 Å². The molecule has 1 aliphatic heterocycles. The minimum atomic E-state index is -0.434. The summed E-state index contributed by atoms with van der Waals surface area (Å²) in [7, 11) is 0. The van der Waals surface area contributed by atoms with E-state index in [0.717, 1.165) is 5.69 Å². The lowest BCUT2D eigenvalue weighted by Crippen LogP contribution is -2.57. The van der Waals surface area contributed by atoms with Crippen LogP contribution in [0.5, 0.6) is 5.75 Å². The second-order valence-electron chi connectivity index (χ2n) is 4.78. The van der Waals surface area contributed by atoms with Crippen molar-refractivity contribution < 1.29 is 14.3 Å². The van der Waals surface area contributed by atoms with Gasteiger partial charge in [-0.25, -0.2) is 0 Å². The molecule has 0 spiro atoms. The molecular weight excluding hydrogens is 256 g/mol. The van der Waals surface area contributed by atoms with Gasteiger partial charge in [0.25, 0.3) is 0 Å². The van der Waals surface area contributed by atoms with E-state index < -0.39 is 6.04 Å². The minimum Gasteiger partial charge on any atom is -0.492 e. The lowest BCUT2D eigenvalue weighted by atomic mass is 10.1. The van der Waals surface area contributed by atoms with Crippen molar-refractivity contribution in [3.8, 4) is 5.75 Å². The summed E-state index contributed by atoms with van der Waals surface area (Å²) in [4.78, 5) is 27.3. The van der Waals surface area contributed by atoms with Gasteiger partial charge < -0.3 is 14.5 Å². The molecule has 0 N–H and O–H groups in total. The SMILES string of the molecule is CCOc1ccccc1N1CCN(C(C)=O)C(C)C1=O. The predicted octanol–water partition coefficient (Wildman–Crippen LogP) is 1.67. The first-order valence-electron chi connectivity index (χ1n) is 6.86. The molecule has 1 heterocycles. The predicted molar refractivity (Wildman–Crippen MR) is 76.8 cm³/mol. The van der Waals surface area contributed by atoms with Crippen LogP contribution in [0.25, 0.3) is 0 Å². The molecule has 2 amide bonds. The van der Waals surface area contributed by atoms with Crippen molar-refractivity contribution in [2.24, 2.45) is 0 Å². The van der Waals surface area contributed by atoms with E-state index in [1.165, 1.54) is 6.92 Å². The molecule has 0 aromatic heterocycles. The number of rotatable bonds is 3. The Morgan fingerprint density at radius 1 is 1.35 bits per heavy atom. The molecule has 1 aliphatic rings. The summed E-state index contributed by atoms with van der Waals surface area (Å²) < 4.78 is 5.57. The van der Waals surface area contributed by atoms with Gasteiger partial charge in [0.15, 0.2) is 0 Å². The Morgan fingerprint density at radius 2 is 2.05 bits per heavy atom. The summed E-state index contributed by atoms with van der Waals surface area (Å²) in [6.07, 6.45) is 0. The van der Waals surface area contributed by atoms with Gasteiger partial charge in [0.2, 0.25) is 11.8 Å². The fourth-order valence-corrected chi connectivity index (χ4v) is 2.50. The molecule has 1 atom stereocenters. The van der Waals surface area contributed by atoms with Crippen molar-refractivity contribution in [1.29, 1.82) is 0 Å². The first-order valence-corrected chi connectivity index (χ1v) is 6.86. The third-order valence-corrected chi connectivity index (χ3v) is 3.52. The van der Waals surface area contributed by atoms with Crippen LogP contribution >= 0.6 is 0 Å². The molecule has 5 heteroatoms. The van der Waals surface area contributed by atoms with Crippen molar-refractivity contribution in [1.82, 2.24) is 4.90 Å². The maximum absolute atomic E-state index is 12.5. The molecule has 0 radical (unpaired) electrons. The zero-order valence-corrected chi connectivity index (χ0v) is 12.1. The summed E-state index contributed by atoms with van der Waals surface area (Å²) in [6.45, 7) is 6.76. The van der Waals surface area contributed by atoms with Crippen LogP contribution in [0.3, 0.4) is 0 Å². The number of amides is 2. The van der Waals surface area contributed by atoms with Gasteiger partial charge in [-0.2, -0.15) is 0 Å². The molecule has 0 aliphatic carbocycles. The topological polar surface area (TPSA) is 49.9 Å². The Hall–Kier alpha value is -2.04. The first kappa shape index (κ1) is 14.4. The number of hydrogen-bond acceptors (Lipinski definition) is 3. The lowest BCUT2D eigenvalue weighted by molar-refractivity contribution is -0.139. The molecule has 1 saturated heterocycles. The Morgan fingerprint density at radius 3 is 2.70 bits per heavy atom. The summed E-state index contributed by atoms with van der Waals surface area (Å²) in [6, 6.07) is 7.06. The molecular formula is C15H20N2O3. The minimum absolute atomic E-state index is 0.0661. The third-order valence-electron chi connectivity index (χ3n) is 3.52. The Bertz CT molecular complexity index is 516. The van der Waals surface area contributed by atoms with Crippen molar-refractivity contribution in [3.63, 3.8) is 0 Å². The highest BCUT2D eigenvalue weighted by Crippen LogP contribution is 2.30. The van der Waals surface area contributed by atoms with E-state index in [2.05, 4.69) is 0 Å². The number of para-hydroxylation sites is 2. The summed E-state index contributed by atoms with van der Waals surface area (Å²) in [5.41, 5.74) is 0.773. The molecule has 1 aromatic rings. The van der Waals surface area contributed by atoms with Crippen molar-refractivity contribution in [3.05, 3.63) is 24.3 Å². The quantitative estimate of drug-likeness (QED) is 0.844. The van der Waals surface area contributed by atoms with E-state index in [1.54, 1.807) is 16.7 Å². The summed E-state index contributed by atoms with van der Waals surface area (Å²) in [5.74, 6) is 0.564. The van der Waals surface area contributed by atoms with Crippen LogP contribution in [0.1, 0.15) is 20.8 Å². The Kier molecular flexibility index (Phi) is 4.27. The van der Waals surface area contributed by atoms with Crippen LogP contribution in [0.2, 0.25) is 0 Å². The molecule has 1 unspecified atom stereocenters. The molecule has 108 valence electrons. The second kappa shape index (κ2) is 5.94. The van der Waals surface area contributed by atoms with Gasteiger partial charge in [-0.05, 0) is 26.0 Å². The molecule has 5 nitrogen and oxygen atoms in total. The number of anilines is 1. The van der Waals surface area contributed by atoms with Gasteiger partial charge in [0, 0.05) is 20.0 Å². The molecule has 1 aromatic carbocycles. The first-order chi connectivity index (χ1) is 9.56. The molecule has 20 heavy (non-hydrogen) atoms. The van der Waals surface area contributed by atoms with E-state index in [0.29, 0.717) is 25.4 Å². The van der Waals surface area contributed by atoms with E-state index in [9.17, 15) is 9.59 Å². The average molecular weight is 276 g/mol. The van der Waals surface area contributed by atoms with Crippen LogP contribution in [0.15, 0.2) is 24.3 Å². The van der Waals surface area contributed by atoms with E-state index in [1.807, 2.05) is 31.2 Å². The van der Waals surface area contributed by atoms with Gasteiger partial charge >= 0.3 is 0 Å². The van der Waals surface area contributed by atoms with E-state index in [-0.39, 0.29) is 11.8 Å². The Balaban J connectivity index is 2.27. The van der Waals surface area contributed by atoms with E-state index in [4.69, 9.17) is 4.74 Å². The third kappa shape index (κ3) is 2.61. The smallest absolute Gasteiger partial charge is 0.249 e.